The predicted octanol–water partition coefficient (Wildman–Crippen LogP) is 4.80. The number of rotatable bonds is 6. The molecule has 0 aliphatic heterocycles. The third-order valence-electron chi connectivity index (χ3n) is 4.39. The summed E-state index contributed by atoms with van der Waals surface area (Å²) in [6.07, 6.45) is 2.37. The highest BCUT2D eigenvalue weighted by atomic mass is 79.9. The van der Waals surface area contributed by atoms with Crippen molar-refractivity contribution in [2.75, 3.05) is 7.05 Å². The summed E-state index contributed by atoms with van der Waals surface area (Å²) in [5.41, 5.74) is 2.37. The van der Waals surface area contributed by atoms with Crippen LogP contribution in [0.15, 0.2) is 51.8 Å². The SMILES string of the molecule is CN(Cc1ccccc1Br)S(=O)(=O)C1=Cc2ccc(OC(F)F)cc2CC1. The van der Waals surface area contributed by atoms with Crippen LogP contribution in [0.5, 0.6) is 5.75 Å². The molecule has 4 nitrogen and oxygen atoms in total. The number of halogens is 3. The van der Waals surface area contributed by atoms with Crippen LogP contribution in [0.4, 0.5) is 8.78 Å². The van der Waals surface area contributed by atoms with Crippen molar-refractivity contribution < 1.29 is 21.9 Å². The van der Waals surface area contributed by atoms with Gasteiger partial charge in [0.2, 0.25) is 10.0 Å². The minimum absolute atomic E-state index is 0.0782. The zero-order valence-corrected chi connectivity index (χ0v) is 16.9. The smallest absolute Gasteiger partial charge is 0.387 e. The minimum Gasteiger partial charge on any atom is -0.435 e. The van der Waals surface area contributed by atoms with E-state index in [1.54, 1.807) is 19.2 Å². The molecule has 0 fully saturated rings. The summed E-state index contributed by atoms with van der Waals surface area (Å²) < 4.78 is 57.1. The lowest BCUT2D eigenvalue weighted by Crippen LogP contribution is -2.28. The summed E-state index contributed by atoms with van der Waals surface area (Å²) in [5, 5.41) is 0. The standard InChI is InChI=1S/C19H18BrF2NO3S/c1-23(12-15-4-2-3-5-18(15)20)27(24,25)17-9-7-13-10-16(26-19(21)22)8-6-14(13)11-17/h2-6,8,10-11,19H,7,9,12H2,1H3. The highest BCUT2D eigenvalue weighted by Gasteiger charge is 2.26. The highest BCUT2D eigenvalue weighted by Crippen LogP contribution is 2.32. The van der Waals surface area contributed by atoms with Crippen LogP contribution in [-0.2, 0) is 23.0 Å². The van der Waals surface area contributed by atoms with Crippen molar-refractivity contribution in [2.45, 2.75) is 26.0 Å². The highest BCUT2D eigenvalue weighted by molar-refractivity contribution is 9.10. The van der Waals surface area contributed by atoms with Gasteiger partial charge in [-0.3, -0.25) is 0 Å². The molecule has 3 rings (SSSR count). The van der Waals surface area contributed by atoms with Crippen molar-refractivity contribution in [2.24, 2.45) is 0 Å². The topological polar surface area (TPSA) is 46.6 Å². The third-order valence-corrected chi connectivity index (χ3v) is 7.10. The number of alkyl halides is 2. The average Bonchev–Trinajstić information content (AvgIpc) is 2.62. The number of aryl methyl sites for hydroxylation is 1. The van der Waals surface area contributed by atoms with Crippen LogP contribution in [0.3, 0.4) is 0 Å². The maximum absolute atomic E-state index is 12.9. The van der Waals surface area contributed by atoms with Crippen molar-refractivity contribution in [3.05, 3.63) is 68.5 Å². The molecule has 0 aromatic heterocycles. The van der Waals surface area contributed by atoms with Gasteiger partial charge in [-0.2, -0.15) is 13.1 Å². The van der Waals surface area contributed by atoms with Gasteiger partial charge >= 0.3 is 6.61 Å². The number of benzene rings is 2. The van der Waals surface area contributed by atoms with Crippen LogP contribution in [0.1, 0.15) is 23.1 Å². The lowest BCUT2D eigenvalue weighted by molar-refractivity contribution is -0.0498. The second-order valence-electron chi connectivity index (χ2n) is 6.20. The van der Waals surface area contributed by atoms with Crippen molar-refractivity contribution in [3.63, 3.8) is 0 Å². The molecule has 8 heteroatoms. The molecule has 1 aliphatic carbocycles. The Balaban J connectivity index is 1.83. The Kier molecular flexibility index (Phi) is 5.98. The fraction of sp³-hybridized carbons (Fsp3) is 0.263. The Bertz CT molecular complexity index is 977. The Labute approximate surface area is 165 Å². The number of fused-ring (bicyclic) bond motifs is 1. The average molecular weight is 458 g/mol. The van der Waals surface area contributed by atoms with Crippen molar-refractivity contribution in [1.29, 1.82) is 0 Å². The second-order valence-corrected chi connectivity index (χ2v) is 9.15. The molecule has 0 saturated carbocycles. The first kappa shape index (κ1) is 20.0. The molecule has 0 radical (unpaired) electrons. The summed E-state index contributed by atoms with van der Waals surface area (Å²) in [7, 11) is -2.08. The van der Waals surface area contributed by atoms with Crippen LogP contribution in [-0.4, -0.2) is 26.4 Å². The monoisotopic (exact) mass is 457 g/mol. The van der Waals surface area contributed by atoms with E-state index in [4.69, 9.17) is 0 Å². The minimum atomic E-state index is -3.63. The third kappa shape index (κ3) is 4.56. The molecule has 0 spiro atoms. The molecular weight excluding hydrogens is 440 g/mol. The van der Waals surface area contributed by atoms with Gasteiger partial charge in [-0.1, -0.05) is 40.2 Å². The van der Waals surface area contributed by atoms with Gasteiger partial charge in [-0.15, -0.1) is 0 Å². The normalized spacial score (nSPS) is 14.2. The predicted molar refractivity (Wildman–Crippen MR) is 104 cm³/mol. The van der Waals surface area contributed by atoms with Crippen LogP contribution < -0.4 is 4.74 Å². The van der Waals surface area contributed by atoms with Gasteiger partial charge < -0.3 is 4.74 Å². The zero-order chi connectivity index (χ0) is 19.6. The maximum atomic E-state index is 12.9. The van der Waals surface area contributed by atoms with E-state index in [0.717, 1.165) is 15.6 Å². The Morgan fingerprint density at radius 3 is 2.63 bits per heavy atom. The number of ether oxygens (including phenoxy) is 1. The number of hydrogen-bond acceptors (Lipinski definition) is 3. The van der Waals surface area contributed by atoms with E-state index in [1.807, 2.05) is 24.3 Å². The summed E-state index contributed by atoms with van der Waals surface area (Å²) in [6, 6.07) is 12.0. The first-order valence-electron chi connectivity index (χ1n) is 8.25. The molecule has 0 heterocycles. The van der Waals surface area contributed by atoms with Crippen LogP contribution in [0, 0.1) is 0 Å². The Hall–Kier alpha value is -1.77. The van der Waals surface area contributed by atoms with E-state index >= 15 is 0 Å². The molecule has 0 atom stereocenters. The van der Waals surface area contributed by atoms with E-state index in [9.17, 15) is 17.2 Å². The molecule has 2 aromatic rings. The number of sulfonamides is 1. The van der Waals surface area contributed by atoms with E-state index in [-0.39, 0.29) is 12.3 Å². The molecule has 2 aromatic carbocycles. The molecular formula is C19H18BrF2NO3S. The first-order valence-corrected chi connectivity index (χ1v) is 10.5. The lowest BCUT2D eigenvalue weighted by atomic mass is 9.97. The Morgan fingerprint density at radius 1 is 1.19 bits per heavy atom. The van der Waals surface area contributed by atoms with E-state index in [1.165, 1.54) is 16.4 Å². The number of allylic oxidation sites excluding steroid dienone is 1. The molecule has 0 N–H and O–H groups in total. The molecule has 0 saturated heterocycles. The van der Waals surface area contributed by atoms with Gasteiger partial charge in [-0.05, 0) is 53.8 Å². The van der Waals surface area contributed by atoms with Gasteiger partial charge in [0.05, 0.1) is 4.91 Å². The first-order chi connectivity index (χ1) is 12.8. The summed E-state index contributed by atoms with van der Waals surface area (Å²) >= 11 is 3.43. The lowest BCUT2D eigenvalue weighted by Gasteiger charge is -2.23. The fourth-order valence-corrected chi connectivity index (χ4v) is 4.73. The van der Waals surface area contributed by atoms with Crippen LogP contribution >= 0.6 is 15.9 Å². The van der Waals surface area contributed by atoms with Gasteiger partial charge in [0.15, 0.2) is 0 Å². The van der Waals surface area contributed by atoms with Gasteiger partial charge in [0.1, 0.15) is 5.75 Å². The van der Waals surface area contributed by atoms with E-state index in [2.05, 4.69) is 20.7 Å². The fourth-order valence-electron chi connectivity index (χ4n) is 2.97. The number of hydrogen-bond donors (Lipinski definition) is 0. The largest absolute Gasteiger partial charge is 0.435 e. The van der Waals surface area contributed by atoms with Crippen LogP contribution in [0.2, 0.25) is 0 Å². The quantitative estimate of drug-likeness (QED) is 0.625. The van der Waals surface area contributed by atoms with Gasteiger partial charge in [0.25, 0.3) is 0 Å². The van der Waals surface area contributed by atoms with Crippen molar-refractivity contribution in [1.82, 2.24) is 4.31 Å². The van der Waals surface area contributed by atoms with Gasteiger partial charge in [0, 0.05) is 18.1 Å². The molecule has 0 amide bonds. The van der Waals surface area contributed by atoms with E-state index in [0.29, 0.717) is 23.3 Å². The molecule has 144 valence electrons. The molecule has 27 heavy (non-hydrogen) atoms. The second kappa shape index (κ2) is 8.08. The summed E-state index contributed by atoms with van der Waals surface area (Å²) in [4.78, 5) is 0.312. The summed E-state index contributed by atoms with van der Waals surface area (Å²) in [6.45, 7) is -2.64. The zero-order valence-electron chi connectivity index (χ0n) is 14.5. The van der Waals surface area contributed by atoms with Crippen LogP contribution in [0.25, 0.3) is 6.08 Å². The maximum Gasteiger partial charge on any atom is 0.387 e. The Morgan fingerprint density at radius 2 is 1.93 bits per heavy atom. The van der Waals surface area contributed by atoms with E-state index < -0.39 is 16.6 Å². The summed E-state index contributed by atoms with van der Waals surface area (Å²) in [5.74, 6) is 0.0782. The number of nitrogens with zero attached hydrogens (tertiary/aromatic N) is 1. The van der Waals surface area contributed by atoms with Gasteiger partial charge in [-0.25, -0.2) is 8.42 Å². The molecule has 0 bridgehead atoms. The van der Waals surface area contributed by atoms with Crippen molar-refractivity contribution in [3.8, 4) is 5.75 Å². The molecule has 0 unspecified atom stereocenters. The van der Waals surface area contributed by atoms with Crippen molar-refractivity contribution >= 4 is 32.0 Å². The molecule has 1 aliphatic rings.